The fraction of sp³-hybridized carbons (Fsp3) is 0.0667. The van der Waals surface area contributed by atoms with Gasteiger partial charge in [-0.25, -0.2) is 5.10 Å². The Hall–Kier alpha value is -2.80. The number of methoxy groups -OCH3 is 1. The lowest BCUT2D eigenvalue weighted by Crippen LogP contribution is -1.95. The van der Waals surface area contributed by atoms with Gasteiger partial charge in [0.2, 0.25) is 4.77 Å². The zero-order chi connectivity index (χ0) is 15.4. The average Bonchev–Trinajstić information content (AvgIpc) is 2.95. The van der Waals surface area contributed by atoms with Crippen molar-refractivity contribution >= 4 is 18.4 Å². The summed E-state index contributed by atoms with van der Waals surface area (Å²) in [4.78, 5) is 4.04. The minimum Gasteiger partial charge on any atom is -0.497 e. The van der Waals surface area contributed by atoms with Gasteiger partial charge in [0.1, 0.15) is 5.75 Å². The van der Waals surface area contributed by atoms with E-state index < -0.39 is 0 Å². The van der Waals surface area contributed by atoms with Crippen molar-refractivity contribution in [3.05, 3.63) is 59.1 Å². The zero-order valence-corrected chi connectivity index (χ0v) is 12.6. The molecule has 0 fully saturated rings. The lowest BCUT2D eigenvalue weighted by molar-refractivity contribution is 0.415. The fourth-order valence-electron chi connectivity index (χ4n) is 1.92. The smallest absolute Gasteiger partial charge is 0.216 e. The maximum atomic E-state index is 5.23. The molecule has 1 N–H and O–H groups in total. The number of ether oxygens (including phenoxy) is 1. The number of aromatic amines is 1. The molecular formula is C15H13N5OS. The van der Waals surface area contributed by atoms with Gasteiger partial charge in [0.05, 0.1) is 13.3 Å². The predicted octanol–water partition coefficient (Wildman–Crippen LogP) is 2.89. The number of hydrogen-bond donors (Lipinski definition) is 1. The summed E-state index contributed by atoms with van der Waals surface area (Å²) in [7, 11) is 1.62. The van der Waals surface area contributed by atoms with Crippen LogP contribution in [0.15, 0.2) is 53.9 Å². The first-order valence-corrected chi connectivity index (χ1v) is 6.95. The molecule has 7 heteroatoms. The average molecular weight is 311 g/mol. The quantitative estimate of drug-likeness (QED) is 0.594. The molecule has 0 atom stereocenters. The highest BCUT2D eigenvalue weighted by Crippen LogP contribution is 2.22. The van der Waals surface area contributed by atoms with Crippen LogP contribution in [0.5, 0.6) is 5.75 Å². The molecule has 0 radical (unpaired) electrons. The normalized spacial score (nSPS) is 11.0. The van der Waals surface area contributed by atoms with E-state index in [0.717, 1.165) is 16.9 Å². The molecule has 2 heterocycles. The van der Waals surface area contributed by atoms with Crippen molar-refractivity contribution < 1.29 is 4.74 Å². The lowest BCUT2D eigenvalue weighted by Gasteiger charge is -2.03. The first-order valence-electron chi connectivity index (χ1n) is 6.54. The molecule has 0 spiro atoms. The summed E-state index contributed by atoms with van der Waals surface area (Å²) in [5.41, 5.74) is 1.73. The van der Waals surface area contributed by atoms with Crippen LogP contribution in [0.2, 0.25) is 0 Å². The Morgan fingerprint density at radius 3 is 3.00 bits per heavy atom. The van der Waals surface area contributed by atoms with Gasteiger partial charge in [-0.2, -0.15) is 14.9 Å². The Labute approximate surface area is 132 Å². The van der Waals surface area contributed by atoms with Crippen molar-refractivity contribution in [1.82, 2.24) is 19.9 Å². The van der Waals surface area contributed by atoms with E-state index in [1.165, 1.54) is 0 Å². The van der Waals surface area contributed by atoms with E-state index in [0.29, 0.717) is 10.6 Å². The lowest BCUT2D eigenvalue weighted by atomic mass is 10.2. The van der Waals surface area contributed by atoms with E-state index in [2.05, 4.69) is 20.3 Å². The Bertz CT molecular complexity index is 854. The number of rotatable bonds is 4. The fourth-order valence-corrected chi connectivity index (χ4v) is 2.10. The van der Waals surface area contributed by atoms with E-state index in [1.807, 2.05) is 36.4 Å². The molecule has 1 aromatic carbocycles. The largest absolute Gasteiger partial charge is 0.497 e. The number of pyridine rings is 1. The van der Waals surface area contributed by atoms with Crippen LogP contribution >= 0.6 is 12.2 Å². The maximum Gasteiger partial charge on any atom is 0.216 e. The van der Waals surface area contributed by atoms with Gasteiger partial charge in [0.15, 0.2) is 5.82 Å². The minimum atomic E-state index is 0.415. The monoisotopic (exact) mass is 311 g/mol. The predicted molar refractivity (Wildman–Crippen MR) is 86.6 cm³/mol. The SMILES string of the molecule is COc1cccc(-c2n[nH]c(=S)n2/N=C/c2cccnc2)c1. The molecule has 0 aliphatic heterocycles. The number of nitrogens with one attached hydrogen (secondary N) is 1. The van der Waals surface area contributed by atoms with E-state index in [-0.39, 0.29) is 0 Å². The van der Waals surface area contributed by atoms with E-state index >= 15 is 0 Å². The third kappa shape index (κ3) is 2.94. The highest BCUT2D eigenvalue weighted by atomic mass is 32.1. The molecule has 0 amide bonds. The second-order valence-corrected chi connectivity index (χ2v) is 4.81. The standard InChI is InChI=1S/C15H13N5OS/c1-21-13-6-2-5-12(8-13)14-18-19-15(22)20(14)17-10-11-4-3-7-16-9-11/h2-10H,1H3,(H,19,22)/b17-10+. The first kappa shape index (κ1) is 14.2. The van der Waals surface area contributed by atoms with E-state index in [9.17, 15) is 0 Å². The highest BCUT2D eigenvalue weighted by molar-refractivity contribution is 7.71. The second-order valence-electron chi connectivity index (χ2n) is 4.43. The van der Waals surface area contributed by atoms with Gasteiger partial charge in [-0.3, -0.25) is 4.98 Å². The third-order valence-corrected chi connectivity index (χ3v) is 3.25. The molecule has 3 rings (SSSR count). The van der Waals surface area contributed by atoms with E-state index in [1.54, 1.807) is 30.4 Å². The van der Waals surface area contributed by atoms with Crippen molar-refractivity contribution in [2.75, 3.05) is 7.11 Å². The summed E-state index contributed by atoms with van der Waals surface area (Å²) in [5, 5.41) is 11.4. The maximum absolute atomic E-state index is 5.23. The summed E-state index contributed by atoms with van der Waals surface area (Å²) in [5.74, 6) is 1.36. The van der Waals surface area contributed by atoms with Crippen molar-refractivity contribution in [3.63, 3.8) is 0 Å². The van der Waals surface area contributed by atoms with Crippen molar-refractivity contribution in [1.29, 1.82) is 0 Å². The molecular weight excluding hydrogens is 298 g/mol. The topological polar surface area (TPSA) is 68.1 Å². The third-order valence-electron chi connectivity index (χ3n) is 2.99. The molecule has 110 valence electrons. The van der Waals surface area contributed by atoms with Crippen LogP contribution in [0, 0.1) is 4.77 Å². The Morgan fingerprint density at radius 2 is 2.23 bits per heavy atom. The first-order chi connectivity index (χ1) is 10.8. The van der Waals surface area contributed by atoms with Crippen LogP contribution in [-0.4, -0.2) is 33.2 Å². The van der Waals surface area contributed by atoms with Crippen molar-refractivity contribution in [2.24, 2.45) is 5.10 Å². The zero-order valence-electron chi connectivity index (χ0n) is 11.8. The van der Waals surface area contributed by atoms with Gasteiger partial charge >= 0.3 is 0 Å². The molecule has 0 saturated carbocycles. The molecule has 3 aromatic rings. The Balaban J connectivity index is 2.01. The second kappa shape index (κ2) is 6.31. The number of hydrogen-bond acceptors (Lipinski definition) is 5. The summed E-state index contributed by atoms with van der Waals surface area (Å²) >= 11 is 5.23. The highest BCUT2D eigenvalue weighted by Gasteiger charge is 2.08. The van der Waals surface area contributed by atoms with Crippen LogP contribution in [-0.2, 0) is 0 Å². The van der Waals surface area contributed by atoms with Crippen LogP contribution in [0.1, 0.15) is 5.56 Å². The van der Waals surface area contributed by atoms with Crippen LogP contribution in [0.4, 0.5) is 0 Å². The summed E-state index contributed by atoms with van der Waals surface area (Å²) in [6.45, 7) is 0. The van der Waals surface area contributed by atoms with Gasteiger partial charge in [-0.05, 0) is 30.4 Å². The van der Waals surface area contributed by atoms with Crippen molar-refractivity contribution in [3.8, 4) is 17.1 Å². The molecule has 22 heavy (non-hydrogen) atoms. The number of H-pyrrole nitrogens is 1. The Kier molecular flexibility index (Phi) is 4.06. The molecule has 0 unspecified atom stereocenters. The van der Waals surface area contributed by atoms with Crippen molar-refractivity contribution in [2.45, 2.75) is 0 Å². The minimum absolute atomic E-state index is 0.415. The van der Waals surface area contributed by atoms with Gasteiger partial charge in [-0.1, -0.05) is 18.2 Å². The Morgan fingerprint density at radius 1 is 1.32 bits per heavy atom. The van der Waals surface area contributed by atoms with Crippen LogP contribution < -0.4 is 4.74 Å². The molecule has 0 aliphatic rings. The number of aromatic nitrogens is 4. The summed E-state index contributed by atoms with van der Waals surface area (Å²) < 4.78 is 7.21. The summed E-state index contributed by atoms with van der Waals surface area (Å²) in [6, 6.07) is 11.3. The number of nitrogens with zero attached hydrogens (tertiary/aromatic N) is 4. The molecule has 6 nitrogen and oxygen atoms in total. The van der Waals surface area contributed by atoms with Crippen LogP contribution in [0.25, 0.3) is 11.4 Å². The molecule has 0 saturated heterocycles. The summed E-state index contributed by atoms with van der Waals surface area (Å²) in [6.07, 6.45) is 5.11. The number of benzene rings is 1. The van der Waals surface area contributed by atoms with Gasteiger partial charge in [0, 0.05) is 23.5 Å². The van der Waals surface area contributed by atoms with E-state index in [4.69, 9.17) is 17.0 Å². The molecule has 0 aliphatic carbocycles. The van der Waals surface area contributed by atoms with Gasteiger partial charge in [-0.15, -0.1) is 0 Å². The van der Waals surface area contributed by atoms with Gasteiger partial charge < -0.3 is 4.74 Å². The molecule has 2 aromatic heterocycles. The van der Waals surface area contributed by atoms with Gasteiger partial charge in [0.25, 0.3) is 0 Å². The van der Waals surface area contributed by atoms with Crippen LogP contribution in [0.3, 0.4) is 0 Å². The molecule has 0 bridgehead atoms.